The minimum absolute atomic E-state index is 0.173. The average Bonchev–Trinajstić information content (AvgIpc) is 2.87. The van der Waals surface area contributed by atoms with Crippen molar-refractivity contribution >= 4 is 0 Å². The molecule has 0 bridgehead atoms. The first kappa shape index (κ1) is 15.8. The zero-order chi connectivity index (χ0) is 16.4. The molecule has 0 radical (unpaired) electrons. The van der Waals surface area contributed by atoms with E-state index in [1.54, 1.807) is 6.20 Å². The smallest absolute Gasteiger partial charge is 0.293 e. The van der Waals surface area contributed by atoms with Gasteiger partial charge in [0.1, 0.15) is 6.73 Å². The molecule has 0 saturated carbocycles. The third-order valence-corrected chi connectivity index (χ3v) is 4.06. The standard InChI is InChI=1S/C18H22N2O3/c1-18(2)12-19(13-23-18)11-15-8-9-20(17(22)16(15)21)10-14-6-4-3-5-7-14/h3-9,21H,10-13H2,1-2H3. The van der Waals surface area contributed by atoms with Crippen LogP contribution >= 0.6 is 0 Å². The molecule has 3 rings (SSSR count). The van der Waals surface area contributed by atoms with Crippen LogP contribution in [0.25, 0.3) is 0 Å². The van der Waals surface area contributed by atoms with E-state index in [1.807, 2.05) is 50.2 Å². The first-order chi connectivity index (χ1) is 10.9. The predicted molar refractivity (Wildman–Crippen MR) is 88.4 cm³/mol. The van der Waals surface area contributed by atoms with Crippen molar-refractivity contribution in [3.63, 3.8) is 0 Å². The summed E-state index contributed by atoms with van der Waals surface area (Å²) in [5.74, 6) is -0.173. The van der Waals surface area contributed by atoms with Crippen molar-refractivity contribution in [2.75, 3.05) is 13.3 Å². The summed E-state index contributed by atoms with van der Waals surface area (Å²) in [6.07, 6.45) is 1.74. The third kappa shape index (κ3) is 3.63. The van der Waals surface area contributed by atoms with Crippen LogP contribution in [0.3, 0.4) is 0 Å². The van der Waals surface area contributed by atoms with E-state index in [0.29, 0.717) is 25.4 Å². The quantitative estimate of drug-likeness (QED) is 0.940. The van der Waals surface area contributed by atoms with Gasteiger partial charge in [0.05, 0.1) is 12.1 Å². The van der Waals surface area contributed by atoms with E-state index in [0.717, 1.165) is 12.1 Å². The van der Waals surface area contributed by atoms with Gasteiger partial charge in [-0.05, 0) is 25.5 Å². The number of rotatable bonds is 4. The molecule has 122 valence electrons. The van der Waals surface area contributed by atoms with Crippen LogP contribution in [0.15, 0.2) is 47.4 Å². The molecule has 5 heteroatoms. The molecule has 1 fully saturated rings. The number of ether oxygens (including phenoxy) is 1. The summed E-state index contributed by atoms with van der Waals surface area (Å²) in [6.45, 7) is 6.32. The molecule has 0 aliphatic carbocycles. The Hall–Kier alpha value is -2.11. The molecule has 2 aromatic rings. The zero-order valence-corrected chi connectivity index (χ0v) is 13.5. The van der Waals surface area contributed by atoms with Gasteiger partial charge in [-0.15, -0.1) is 0 Å². The first-order valence-corrected chi connectivity index (χ1v) is 7.76. The molecular weight excluding hydrogens is 292 g/mol. The van der Waals surface area contributed by atoms with Crippen LogP contribution in [0.2, 0.25) is 0 Å². The maximum atomic E-state index is 12.4. The Morgan fingerprint density at radius 1 is 1.17 bits per heavy atom. The molecule has 1 aliphatic heterocycles. The van der Waals surface area contributed by atoms with Crippen LogP contribution < -0.4 is 5.56 Å². The summed E-state index contributed by atoms with van der Waals surface area (Å²) in [7, 11) is 0. The Bertz CT molecular complexity index is 738. The minimum Gasteiger partial charge on any atom is -0.503 e. The van der Waals surface area contributed by atoms with Crippen molar-refractivity contribution < 1.29 is 9.84 Å². The summed E-state index contributed by atoms with van der Waals surface area (Å²) in [5, 5.41) is 10.2. The lowest BCUT2D eigenvalue weighted by Crippen LogP contribution is -2.28. The number of hydrogen-bond acceptors (Lipinski definition) is 4. The minimum atomic E-state index is -0.356. The van der Waals surface area contributed by atoms with E-state index in [1.165, 1.54) is 4.57 Å². The number of aromatic nitrogens is 1. The average molecular weight is 314 g/mol. The SMILES string of the molecule is CC1(C)CN(Cc2ccn(Cc3ccccc3)c(=O)c2O)CO1. The fraction of sp³-hybridized carbons (Fsp3) is 0.389. The van der Waals surface area contributed by atoms with E-state index in [4.69, 9.17) is 4.74 Å². The summed E-state index contributed by atoms with van der Waals surface area (Å²) in [4.78, 5) is 14.4. The second-order valence-electron chi connectivity index (χ2n) is 6.63. The van der Waals surface area contributed by atoms with Crippen LogP contribution in [0.5, 0.6) is 5.75 Å². The number of nitrogens with zero attached hydrogens (tertiary/aromatic N) is 2. The first-order valence-electron chi connectivity index (χ1n) is 7.76. The number of benzene rings is 1. The predicted octanol–water partition coefficient (Wildman–Crippen LogP) is 2.17. The van der Waals surface area contributed by atoms with Crippen molar-refractivity contribution in [1.82, 2.24) is 9.47 Å². The van der Waals surface area contributed by atoms with Gasteiger partial charge in [0.15, 0.2) is 5.75 Å². The second kappa shape index (κ2) is 6.18. The van der Waals surface area contributed by atoms with Gasteiger partial charge in [-0.1, -0.05) is 30.3 Å². The Labute approximate surface area is 135 Å². The fourth-order valence-corrected chi connectivity index (χ4v) is 2.87. The van der Waals surface area contributed by atoms with E-state index in [-0.39, 0.29) is 16.9 Å². The summed E-state index contributed by atoms with van der Waals surface area (Å²) in [5.41, 5.74) is 1.13. The van der Waals surface area contributed by atoms with Crippen LogP contribution in [-0.4, -0.2) is 33.5 Å². The molecule has 2 heterocycles. The molecule has 0 spiro atoms. The largest absolute Gasteiger partial charge is 0.503 e. The van der Waals surface area contributed by atoms with Gasteiger partial charge in [0, 0.05) is 24.8 Å². The maximum Gasteiger partial charge on any atom is 0.293 e. The van der Waals surface area contributed by atoms with Crippen molar-refractivity contribution in [1.29, 1.82) is 0 Å². The van der Waals surface area contributed by atoms with Gasteiger partial charge in [0.2, 0.25) is 0 Å². The molecule has 23 heavy (non-hydrogen) atoms. The second-order valence-corrected chi connectivity index (χ2v) is 6.63. The molecule has 1 saturated heterocycles. The maximum absolute atomic E-state index is 12.4. The number of pyridine rings is 1. The Morgan fingerprint density at radius 2 is 1.91 bits per heavy atom. The molecule has 0 unspecified atom stereocenters. The van der Waals surface area contributed by atoms with Crippen molar-refractivity contribution in [2.45, 2.75) is 32.5 Å². The topological polar surface area (TPSA) is 54.7 Å². The molecular formula is C18H22N2O3. The number of hydrogen-bond donors (Lipinski definition) is 1. The molecule has 1 aromatic carbocycles. The van der Waals surface area contributed by atoms with Crippen molar-refractivity contribution in [3.05, 3.63) is 64.1 Å². The molecule has 0 atom stereocenters. The highest BCUT2D eigenvalue weighted by Gasteiger charge is 2.30. The lowest BCUT2D eigenvalue weighted by atomic mass is 10.1. The summed E-state index contributed by atoms with van der Waals surface area (Å²) >= 11 is 0. The van der Waals surface area contributed by atoms with Crippen molar-refractivity contribution in [3.8, 4) is 5.75 Å². The lowest BCUT2D eigenvalue weighted by Gasteiger charge is -2.17. The highest BCUT2D eigenvalue weighted by molar-refractivity contribution is 5.29. The Morgan fingerprint density at radius 3 is 2.57 bits per heavy atom. The number of aromatic hydroxyl groups is 1. The molecule has 0 amide bonds. The van der Waals surface area contributed by atoms with Crippen LogP contribution in [-0.2, 0) is 17.8 Å². The van der Waals surface area contributed by atoms with Gasteiger partial charge < -0.3 is 14.4 Å². The van der Waals surface area contributed by atoms with E-state index in [9.17, 15) is 9.90 Å². The molecule has 1 N–H and O–H groups in total. The van der Waals surface area contributed by atoms with E-state index >= 15 is 0 Å². The van der Waals surface area contributed by atoms with Gasteiger partial charge in [-0.25, -0.2) is 0 Å². The fourth-order valence-electron chi connectivity index (χ4n) is 2.87. The highest BCUT2D eigenvalue weighted by Crippen LogP contribution is 2.23. The van der Waals surface area contributed by atoms with E-state index in [2.05, 4.69) is 4.90 Å². The normalized spacial score (nSPS) is 17.5. The lowest BCUT2D eigenvalue weighted by molar-refractivity contribution is 0.0316. The monoisotopic (exact) mass is 314 g/mol. The Balaban J connectivity index is 1.77. The zero-order valence-electron chi connectivity index (χ0n) is 13.5. The van der Waals surface area contributed by atoms with Crippen LogP contribution in [0.4, 0.5) is 0 Å². The van der Waals surface area contributed by atoms with Gasteiger partial charge in [0.25, 0.3) is 5.56 Å². The Kier molecular flexibility index (Phi) is 4.24. The van der Waals surface area contributed by atoms with Gasteiger partial charge in [-0.3, -0.25) is 9.69 Å². The highest BCUT2D eigenvalue weighted by atomic mass is 16.5. The third-order valence-electron chi connectivity index (χ3n) is 4.06. The summed E-state index contributed by atoms with van der Waals surface area (Å²) < 4.78 is 7.19. The van der Waals surface area contributed by atoms with Crippen LogP contribution in [0, 0.1) is 0 Å². The van der Waals surface area contributed by atoms with Crippen LogP contribution in [0.1, 0.15) is 25.0 Å². The van der Waals surface area contributed by atoms with Gasteiger partial charge in [-0.2, -0.15) is 0 Å². The summed E-state index contributed by atoms with van der Waals surface area (Å²) in [6, 6.07) is 11.5. The van der Waals surface area contributed by atoms with Crippen molar-refractivity contribution in [2.24, 2.45) is 0 Å². The van der Waals surface area contributed by atoms with E-state index < -0.39 is 0 Å². The molecule has 1 aromatic heterocycles. The molecule has 1 aliphatic rings. The molecule has 5 nitrogen and oxygen atoms in total. The van der Waals surface area contributed by atoms with Gasteiger partial charge >= 0.3 is 0 Å².